The number of piperidine rings is 1. The van der Waals surface area contributed by atoms with Gasteiger partial charge in [-0.25, -0.2) is 9.78 Å². The zero-order valence-electron chi connectivity index (χ0n) is 14.0. The molecular formula is C17H24N4O2. The van der Waals surface area contributed by atoms with E-state index in [1.807, 2.05) is 26.8 Å². The van der Waals surface area contributed by atoms with Crippen molar-refractivity contribution in [1.82, 2.24) is 9.88 Å². The van der Waals surface area contributed by atoms with Gasteiger partial charge in [-0.05, 0) is 51.7 Å². The Labute approximate surface area is 137 Å². The summed E-state index contributed by atoms with van der Waals surface area (Å²) in [5.41, 5.74) is 0.109. The van der Waals surface area contributed by atoms with Gasteiger partial charge in [0.25, 0.3) is 0 Å². The minimum Gasteiger partial charge on any atom is -0.444 e. The van der Waals surface area contributed by atoms with E-state index in [1.165, 1.54) is 0 Å². The largest absolute Gasteiger partial charge is 0.444 e. The summed E-state index contributed by atoms with van der Waals surface area (Å²) in [6.07, 6.45) is 3.23. The number of nitriles is 1. The molecule has 0 aromatic carbocycles. The van der Waals surface area contributed by atoms with E-state index in [2.05, 4.69) is 16.4 Å². The molecule has 0 bridgehead atoms. The molecule has 124 valence electrons. The molecular weight excluding hydrogens is 292 g/mol. The number of hydrogen-bond donors (Lipinski definition) is 1. The van der Waals surface area contributed by atoms with Gasteiger partial charge in [0.05, 0.1) is 5.56 Å². The minimum absolute atomic E-state index is 0.224. The molecule has 0 atom stereocenters. The summed E-state index contributed by atoms with van der Waals surface area (Å²) in [6, 6.07) is 5.62. The Bertz CT molecular complexity index is 564. The third-order valence-corrected chi connectivity index (χ3v) is 3.73. The second-order valence-corrected chi connectivity index (χ2v) is 6.84. The first-order chi connectivity index (χ1) is 10.9. The number of pyridine rings is 1. The van der Waals surface area contributed by atoms with Gasteiger partial charge in [-0.1, -0.05) is 0 Å². The minimum atomic E-state index is -0.448. The van der Waals surface area contributed by atoms with E-state index < -0.39 is 5.60 Å². The molecule has 23 heavy (non-hydrogen) atoms. The number of ether oxygens (including phenoxy) is 1. The first-order valence-electron chi connectivity index (χ1n) is 7.95. The lowest BCUT2D eigenvalue weighted by Crippen LogP contribution is -2.42. The fraction of sp³-hybridized carbons (Fsp3) is 0.588. The van der Waals surface area contributed by atoms with E-state index in [9.17, 15) is 4.79 Å². The second kappa shape index (κ2) is 7.32. The molecule has 1 N–H and O–H groups in total. The van der Waals surface area contributed by atoms with Crippen molar-refractivity contribution in [3.63, 3.8) is 0 Å². The van der Waals surface area contributed by atoms with Crippen LogP contribution in [0.3, 0.4) is 0 Å². The zero-order valence-corrected chi connectivity index (χ0v) is 14.0. The van der Waals surface area contributed by atoms with E-state index in [1.54, 1.807) is 17.2 Å². The van der Waals surface area contributed by atoms with Crippen molar-refractivity contribution in [1.29, 1.82) is 5.26 Å². The van der Waals surface area contributed by atoms with Gasteiger partial charge >= 0.3 is 6.09 Å². The Morgan fingerprint density at radius 3 is 2.65 bits per heavy atom. The molecule has 6 nitrogen and oxygen atoms in total. The number of amides is 1. The van der Waals surface area contributed by atoms with Crippen molar-refractivity contribution in [3.05, 3.63) is 23.9 Å². The van der Waals surface area contributed by atoms with E-state index in [4.69, 9.17) is 10.00 Å². The highest BCUT2D eigenvalue weighted by Crippen LogP contribution is 2.20. The Hall–Kier alpha value is -2.29. The number of nitrogens with one attached hydrogen (secondary N) is 1. The SMILES string of the molecule is CC(C)(C)OC(=O)N1CCC(CNc2ccc(C#N)cn2)CC1. The molecule has 0 aliphatic carbocycles. The molecule has 2 heterocycles. The maximum absolute atomic E-state index is 12.0. The number of likely N-dealkylation sites (tertiary alicyclic amines) is 1. The number of nitrogens with zero attached hydrogens (tertiary/aromatic N) is 3. The van der Waals surface area contributed by atoms with E-state index in [-0.39, 0.29) is 6.09 Å². The monoisotopic (exact) mass is 316 g/mol. The van der Waals surface area contributed by atoms with Crippen LogP contribution in [0, 0.1) is 17.2 Å². The summed E-state index contributed by atoms with van der Waals surface area (Å²) < 4.78 is 5.40. The van der Waals surface area contributed by atoms with Crippen LogP contribution in [0.5, 0.6) is 0 Å². The molecule has 1 aromatic rings. The Kier molecular flexibility index (Phi) is 5.43. The van der Waals surface area contributed by atoms with Crippen LogP contribution in [-0.2, 0) is 4.74 Å². The number of aromatic nitrogens is 1. The van der Waals surface area contributed by atoms with E-state index in [0.717, 1.165) is 38.3 Å². The maximum Gasteiger partial charge on any atom is 0.410 e. The Balaban J connectivity index is 1.74. The standard InChI is InChI=1S/C17H24N4O2/c1-17(2,3)23-16(22)21-8-6-13(7-9-21)11-19-15-5-4-14(10-18)12-20-15/h4-5,12-13H,6-9,11H2,1-3H3,(H,19,20). The topological polar surface area (TPSA) is 78.2 Å². The lowest BCUT2D eigenvalue weighted by molar-refractivity contribution is 0.0188. The first kappa shape index (κ1) is 17.1. The van der Waals surface area contributed by atoms with Crippen LogP contribution in [0.25, 0.3) is 0 Å². The van der Waals surface area contributed by atoms with Crippen molar-refractivity contribution in [2.75, 3.05) is 25.0 Å². The van der Waals surface area contributed by atoms with Gasteiger partial charge in [0.15, 0.2) is 0 Å². The highest BCUT2D eigenvalue weighted by molar-refractivity contribution is 5.68. The number of carbonyl (C=O) groups is 1. The molecule has 1 fully saturated rings. The van der Waals surface area contributed by atoms with Crippen LogP contribution >= 0.6 is 0 Å². The summed E-state index contributed by atoms with van der Waals surface area (Å²) in [5.74, 6) is 1.28. The van der Waals surface area contributed by atoms with E-state index >= 15 is 0 Å². The molecule has 0 saturated carbocycles. The third kappa shape index (κ3) is 5.44. The van der Waals surface area contributed by atoms with Crippen LogP contribution in [0.4, 0.5) is 10.6 Å². The smallest absolute Gasteiger partial charge is 0.410 e. The van der Waals surface area contributed by atoms with Crippen molar-refractivity contribution in [2.24, 2.45) is 5.92 Å². The average Bonchev–Trinajstić information content (AvgIpc) is 2.52. The van der Waals surface area contributed by atoms with Crippen LogP contribution in [0.1, 0.15) is 39.2 Å². The second-order valence-electron chi connectivity index (χ2n) is 6.84. The van der Waals surface area contributed by atoms with E-state index in [0.29, 0.717) is 11.5 Å². The molecule has 6 heteroatoms. The van der Waals surface area contributed by atoms with Gasteiger partial charge in [-0.3, -0.25) is 0 Å². The maximum atomic E-state index is 12.0. The van der Waals surface area contributed by atoms with Crippen LogP contribution < -0.4 is 5.32 Å². The molecule has 0 radical (unpaired) electrons. The van der Waals surface area contributed by atoms with Crippen LogP contribution in [-0.4, -0.2) is 41.2 Å². The number of anilines is 1. The third-order valence-electron chi connectivity index (χ3n) is 3.73. The summed E-state index contributed by atoms with van der Waals surface area (Å²) in [4.78, 5) is 18.0. The first-order valence-corrected chi connectivity index (χ1v) is 7.95. The summed E-state index contributed by atoms with van der Waals surface area (Å²) in [7, 11) is 0. The summed E-state index contributed by atoms with van der Waals surface area (Å²) in [5, 5.41) is 12.0. The molecule has 1 saturated heterocycles. The van der Waals surface area contributed by atoms with Gasteiger partial charge in [0, 0.05) is 25.8 Å². The van der Waals surface area contributed by atoms with Gasteiger partial charge in [-0.15, -0.1) is 0 Å². The molecule has 1 aliphatic heterocycles. The normalized spacial score (nSPS) is 15.8. The van der Waals surface area contributed by atoms with Gasteiger partial charge in [0.1, 0.15) is 17.5 Å². The van der Waals surface area contributed by atoms with Crippen molar-refractivity contribution in [2.45, 2.75) is 39.2 Å². The highest BCUT2D eigenvalue weighted by Gasteiger charge is 2.26. The zero-order chi connectivity index (χ0) is 16.9. The van der Waals surface area contributed by atoms with Crippen molar-refractivity contribution < 1.29 is 9.53 Å². The van der Waals surface area contributed by atoms with Crippen LogP contribution in [0.2, 0.25) is 0 Å². The van der Waals surface area contributed by atoms with Crippen LogP contribution in [0.15, 0.2) is 18.3 Å². The average molecular weight is 316 g/mol. The summed E-state index contributed by atoms with van der Waals surface area (Å²) >= 11 is 0. The highest BCUT2D eigenvalue weighted by atomic mass is 16.6. The predicted octanol–water partition coefficient (Wildman–Crippen LogP) is 3.01. The predicted molar refractivity (Wildman–Crippen MR) is 88.0 cm³/mol. The molecule has 2 rings (SSSR count). The number of hydrogen-bond acceptors (Lipinski definition) is 5. The Morgan fingerprint density at radius 2 is 2.13 bits per heavy atom. The van der Waals surface area contributed by atoms with Gasteiger partial charge < -0.3 is 15.0 Å². The van der Waals surface area contributed by atoms with Crippen molar-refractivity contribution >= 4 is 11.9 Å². The quantitative estimate of drug-likeness (QED) is 0.927. The fourth-order valence-corrected chi connectivity index (χ4v) is 2.46. The molecule has 0 unspecified atom stereocenters. The summed E-state index contributed by atoms with van der Waals surface area (Å²) in [6.45, 7) is 7.91. The lowest BCUT2D eigenvalue weighted by atomic mass is 9.97. The lowest BCUT2D eigenvalue weighted by Gasteiger charge is -2.33. The fourth-order valence-electron chi connectivity index (χ4n) is 2.46. The Morgan fingerprint density at radius 1 is 1.43 bits per heavy atom. The molecule has 1 aromatic heterocycles. The number of carbonyl (C=O) groups excluding carboxylic acids is 1. The molecule has 0 spiro atoms. The van der Waals surface area contributed by atoms with Gasteiger partial charge in [0.2, 0.25) is 0 Å². The van der Waals surface area contributed by atoms with Gasteiger partial charge in [-0.2, -0.15) is 5.26 Å². The molecule has 1 amide bonds. The number of rotatable bonds is 3. The molecule has 1 aliphatic rings. The van der Waals surface area contributed by atoms with Crippen molar-refractivity contribution in [3.8, 4) is 6.07 Å².